The van der Waals surface area contributed by atoms with Crippen LogP contribution < -0.4 is 5.32 Å². The normalized spacial score (nSPS) is 20.8. The highest BCUT2D eigenvalue weighted by Crippen LogP contribution is 2.29. The summed E-state index contributed by atoms with van der Waals surface area (Å²) in [5.74, 6) is -0.0870. The van der Waals surface area contributed by atoms with Crippen LogP contribution >= 0.6 is 11.8 Å². The van der Waals surface area contributed by atoms with Gasteiger partial charge >= 0.3 is 12.0 Å². The van der Waals surface area contributed by atoms with Gasteiger partial charge in [-0.15, -0.1) is 0 Å². The monoisotopic (exact) mass is 260 g/mol. The predicted molar refractivity (Wildman–Crippen MR) is 68.4 cm³/mol. The van der Waals surface area contributed by atoms with Gasteiger partial charge in [-0.1, -0.05) is 6.92 Å². The van der Waals surface area contributed by atoms with Crippen molar-refractivity contribution < 1.29 is 14.7 Å². The van der Waals surface area contributed by atoms with E-state index in [4.69, 9.17) is 5.11 Å². The molecule has 6 heteroatoms. The van der Waals surface area contributed by atoms with Crippen molar-refractivity contribution in [2.24, 2.45) is 0 Å². The largest absolute Gasteiger partial charge is 0.480 e. The van der Waals surface area contributed by atoms with Crippen molar-refractivity contribution >= 4 is 23.8 Å². The summed E-state index contributed by atoms with van der Waals surface area (Å²) in [6, 6.07) is -1.06. The van der Waals surface area contributed by atoms with Crippen molar-refractivity contribution in [2.45, 2.75) is 38.0 Å². The molecule has 0 aromatic rings. The Hall–Kier alpha value is -0.910. The maximum atomic E-state index is 11.9. The summed E-state index contributed by atoms with van der Waals surface area (Å²) in [6.45, 7) is 7.25. The third kappa shape index (κ3) is 4.11. The van der Waals surface area contributed by atoms with Crippen LogP contribution in [0.5, 0.6) is 0 Å². The predicted octanol–water partition coefficient (Wildman–Crippen LogP) is 1.39. The molecule has 5 nitrogen and oxygen atoms in total. The molecule has 0 radical (unpaired) electrons. The topological polar surface area (TPSA) is 69.6 Å². The summed E-state index contributed by atoms with van der Waals surface area (Å²) in [5.41, 5.74) is 0. The van der Waals surface area contributed by atoms with Gasteiger partial charge in [-0.3, -0.25) is 0 Å². The van der Waals surface area contributed by atoms with Gasteiger partial charge in [0.15, 0.2) is 0 Å². The van der Waals surface area contributed by atoms with E-state index in [-0.39, 0.29) is 10.8 Å². The maximum absolute atomic E-state index is 11.9. The second-order valence-electron chi connectivity index (χ2n) is 4.78. The number of aliphatic carboxylic acids is 1. The Kier molecular flexibility index (Phi) is 4.68. The van der Waals surface area contributed by atoms with Crippen LogP contribution in [0.2, 0.25) is 0 Å². The summed E-state index contributed by atoms with van der Waals surface area (Å²) in [5, 5.41) is 11.4. The Bertz CT molecular complexity index is 307. The first-order valence-corrected chi connectivity index (χ1v) is 6.76. The zero-order valence-electron chi connectivity index (χ0n) is 10.5. The van der Waals surface area contributed by atoms with Gasteiger partial charge in [0.1, 0.15) is 6.04 Å². The van der Waals surface area contributed by atoms with E-state index in [1.807, 2.05) is 11.8 Å². The van der Waals surface area contributed by atoms with Crippen LogP contribution in [0.25, 0.3) is 0 Å². The molecule has 2 amide bonds. The first-order valence-electron chi connectivity index (χ1n) is 5.78. The minimum Gasteiger partial charge on any atom is -0.480 e. The maximum Gasteiger partial charge on any atom is 0.326 e. The van der Waals surface area contributed by atoms with Gasteiger partial charge in [0.2, 0.25) is 0 Å². The lowest BCUT2D eigenvalue weighted by atomic mass is 10.2. The average Bonchev–Trinajstić information content (AvgIpc) is 2.23. The molecular formula is C11H20N2O3S. The molecule has 1 fully saturated rings. The fourth-order valence-electron chi connectivity index (χ4n) is 1.77. The lowest BCUT2D eigenvalue weighted by Crippen LogP contribution is -2.53. The van der Waals surface area contributed by atoms with Crippen molar-refractivity contribution in [1.29, 1.82) is 0 Å². The van der Waals surface area contributed by atoms with Gasteiger partial charge in [0.25, 0.3) is 0 Å². The van der Waals surface area contributed by atoms with Crippen molar-refractivity contribution in [2.75, 3.05) is 18.8 Å². The molecule has 2 N–H and O–H groups in total. The number of nitrogens with zero attached hydrogens (tertiary/aromatic N) is 1. The summed E-state index contributed by atoms with van der Waals surface area (Å²) in [4.78, 5) is 24.4. The van der Waals surface area contributed by atoms with Gasteiger partial charge in [0, 0.05) is 23.6 Å². The van der Waals surface area contributed by atoms with Gasteiger partial charge in [-0.2, -0.15) is 11.8 Å². The van der Waals surface area contributed by atoms with E-state index in [1.165, 1.54) is 0 Å². The Balaban J connectivity index is 2.55. The van der Waals surface area contributed by atoms with Gasteiger partial charge < -0.3 is 15.3 Å². The standard InChI is InChI=1S/C11H20N2O3S/c1-4-8(9(14)15)12-10(16)13-5-6-17-11(2,3)7-13/h8H,4-7H2,1-3H3,(H,12,16)(H,14,15). The minimum absolute atomic E-state index is 0.0422. The molecule has 0 aromatic carbocycles. The molecule has 1 heterocycles. The molecule has 0 aromatic heterocycles. The molecular weight excluding hydrogens is 240 g/mol. The highest BCUT2D eigenvalue weighted by molar-refractivity contribution is 8.00. The Morgan fingerprint density at radius 2 is 2.18 bits per heavy atom. The number of rotatable bonds is 3. The van der Waals surface area contributed by atoms with Crippen molar-refractivity contribution in [3.8, 4) is 0 Å². The molecule has 98 valence electrons. The van der Waals surface area contributed by atoms with Gasteiger partial charge in [0.05, 0.1) is 0 Å². The molecule has 1 aliphatic rings. The molecule has 1 unspecified atom stereocenters. The molecule has 0 spiro atoms. The fourth-order valence-corrected chi connectivity index (χ4v) is 2.88. The fraction of sp³-hybridized carbons (Fsp3) is 0.818. The number of urea groups is 1. The number of carbonyl (C=O) groups excluding carboxylic acids is 1. The lowest BCUT2D eigenvalue weighted by Gasteiger charge is -2.37. The van der Waals surface area contributed by atoms with E-state index in [2.05, 4.69) is 19.2 Å². The summed E-state index contributed by atoms with van der Waals surface area (Å²) in [6.07, 6.45) is 0.396. The van der Waals surface area contributed by atoms with E-state index in [1.54, 1.807) is 11.8 Å². The van der Waals surface area contributed by atoms with E-state index in [0.717, 1.165) is 5.75 Å². The zero-order valence-corrected chi connectivity index (χ0v) is 11.3. The minimum atomic E-state index is -0.980. The summed E-state index contributed by atoms with van der Waals surface area (Å²) in [7, 11) is 0. The highest BCUT2D eigenvalue weighted by atomic mass is 32.2. The van der Waals surface area contributed by atoms with Crippen LogP contribution in [0.15, 0.2) is 0 Å². The molecule has 1 aliphatic heterocycles. The van der Waals surface area contributed by atoms with Crippen molar-refractivity contribution in [3.05, 3.63) is 0 Å². The molecule has 1 atom stereocenters. The van der Waals surface area contributed by atoms with E-state index in [9.17, 15) is 9.59 Å². The Labute approximate surface area is 106 Å². The highest BCUT2D eigenvalue weighted by Gasteiger charge is 2.31. The Morgan fingerprint density at radius 3 is 2.65 bits per heavy atom. The molecule has 1 rings (SSSR count). The molecule has 1 saturated heterocycles. The van der Waals surface area contributed by atoms with Gasteiger partial charge in [-0.25, -0.2) is 9.59 Å². The number of hydrogen-bond donors (Lipinski definition) is 2. The lowest BCUT2D eigenvalue weighted by molar-refractivity contribution is -0.139. The SMILES string of the molecule is CCC(NC(=O)N1CCSC(C)(C)C1)C(=O)O. The number of carboxylic acids is 1. The number of carboxylic acid groups (broad SMARTS) is 1. The molecule has 17 heavy (non-hydrogen) atoms. The molecule has 0 aliphatic carbocycles. The van der Waals surface area contributed by atoms with Crippen molar-refractivity contribution in [1.82, 2.24) is 10.2 Å². The number of amides is 2. The summed E-state index contributed by atoms with van der Waals surface area (Å²) >= 11 is 1.83. The number of hydrogen-bond acceptors (Lipinski definition) is 3. The quantitative estimate of drug-likeness (QED) is 0.804. The molecule has 0 bridgehead atoms. The van der Waals surface area contributed by atoms with Crippen LogP contribution in [-0.2, 0) is 4.79 Å². The second kappa shape index (κ2) is 5.62. The van der Waals surface area contributed by atoms with E-state index >= 15 is 0 Å². The van der Waals surface area contributed by atoms with Gasteiger partial charge in [-0.05, 0) is 20.3 Å². The number of carbonyl (C=O) groups is 2. The van der Waals surface area contributed by atoms with Crippen molar-refractivity contribution in [3.63, 3.8) is 0 Å². The third-order valence-corrected chi connectivity index (χ3v) is 4.01. The van der Waals surface area contributed by atoms with E-state index < -0.39 is 12.0 Å². The molecule has 0 saturated carbocycles. The number of nitrogens with one attached hydrogen (secondary N) is 1. The van der Waals surface area contributed by atoms with Crippen LogP contribution in [-0.4, -0.2) is 51.6 Å². The van der Waals surface area contributed by atoms with Crippen LogP contribution in [0.3, 0.4) is 0 Å². The smallest absolute Gasteiger partial charge is 0.326 e. The number of thioether (sulfide) groups is 1. The summed E-state index contributed by atoms with van der Waals surface area (Å²) < 4.78 is 0.0422. The first-order chi connectivity index (χ1) is 7.85. The van der Waals surface area contributed by atoms with Crippen LogP contribution in [0.4, 0.5) is 4.79 Å². The van der Waals surface area contributed by atoms with E-state index in [0.29, 0.717) is 19.5 Å². The third-order valence-electron chi connectivity index (χ3n) is 2.72. The van der Waals surface area contributed by atoms with Crippen LogP contribution in [0.1, 0.15) is 27.2 Å². The van der Waals surface area contributed by atoms with Crippen LogP contribution in [0, 0.1) is 0 Å². The zero-order chi connectivity index (χ0) is 13.1. The first kappa shape index (κ1) is 14.2. The average molecular weight is 260 g/mol. The second-order valence-corrected chi connectivity index (χ2v) is 6.58. The Morgan fingerprint density at radius 1 is 1.53 bits per heavy atom.